The summed E-state index contributed by atoms with van der Waals surface area (Å²) in [5.74, 6) is -2.51. The highest BCUT2D eigenvalue weighted by molar-refractivity contribution is 5.89. The lowest BCUT2D eigenvalue weighted by atomic mass is 10.2. The van der Waals surface area contributed by atoms with E-state index in [0.717, 1.165) is 11.3 Å². The van der Waals surface area contributed by atoms with Crippen LogP contribution in [0, 0.1) is 0 Å². The molecule has 2 rings (SSSR count). The van der Waals surface area contributed by atoms with Crippen LogP contribution in [-0.4, -0.2) is 42.5 Å². The molecule has 0 atom stereocenters. The topological polar surface area (TPSA) is 126 Å². The summed E-state index contributed by atoms with van der Waals surface area (Å²) in [5.41, 5.74) is 1.74. The predicted molar refractivity (Wildman–Crippen MR) is 67.5 cm³/mol. The molecule has 0 aliphatic rings. The van der Waals surface area contributed by atoms with Gasteiger partial charge in [-0.3, -0.25) is 0 Å². The van der Waals surface area contributed by atoms with Crippen molar-refractivity contribution in [1.29, 1.82) is 0 Å². The van der Waals surface area contributed by atoms with Crippen LogP contribution in [0.25, 0.3) is 11.3 Å². The zero-order valence-corrected chi connectivity index (χ0v) is 10.1. The molecule has 0 amide bonds. The van der Waals surface area contributed by atoms with E-state index in [1.807, 2.05) is 18.2 Å². The number of nitrogens with zero attached hydrogens (tertiary/aromatic N) is 4. The van der Waals surface area contributed by atoms with Crippen LogP contribution < -0.4 is 0 Å². The van der Waals surface area contributed by atoms with Crippen molar-refractivity contribution in [3.05, 3.63) is 48.9 Å². The lowest BCUT2D eigenvalue weighted by molar-refractivity contribution is -0.134. The Hall–Kier alpha value is -3.16. The molecule has 8 nitrogen and oxygen atoms in total. The van der Waals surface area contributed by atoms with Crippen molar-refractivity contribution in [3.8, 4) is 11.3 Å². The monoisotopic (exact) mass is 274 g/mol. The lowest BCUT2D eigenvalue weighted by Crippen LogP contribution is -1.91. The summed E-state index contributed by atoms with van der Waals surface area (Å²) < 4.78 is 0. The largest absolute Gasteiger partial charge is 0.478 e. The van der Waals surface area contributed by atoms with Gasteiger partial charge in [-0.2, -0.15) is 20.4 Å². The minimum atomic E-state index is -1.26. The number of hydrogen-bond donors (Lipinski definition) is 2. The number of carboxylic acids is 2. The van der Waals surface area contributed by atoms with Crippen molar-refractivity contribution in [2.75, 3.05) is 0 Å². The summed E-state index contributed by atoms with van der Waals surface area (Å²) in [5, 5.41) is 30.7. The Labute approximate surface area is 113 Å². The molecule has 0 radical (unpaired) electrons. The van der Waals surface area contributed by atoms with Crippen LogP contribution in [0.4, 0.5) is 0 Å². The zero-order valence-electron chi connectivity index (χ0n) is 10.1. The highest BCUT2D eigenvalue weighted by Crippen LogP contribution is 2.11. The first-order chi connectivity index (χ1) is 9.59. The second-order valence-corrected chi connectivity index (χ2v) is 3.25. The highest BCUT2D eigenvalue weighted by Gasteiger charge is 1.96. The van der Waals surface area contributed by atoms with Crippen LogP contribution in [0.1, 0.15) is 0 Å². The Morgan fingerprint density at radius 1 is 0.950 bits per heavy atom. The summed E-state index contributed by atoms with van der Waals surface area (Å²) in [6, 6.07) is 5.56. The van der Waals surface area contributed by atoms with E-state index in [1.54, 1.807) is 18.6 Å². The van der Waals surface area contributed by atoms with Gasteiger partial charge in [-0.1, -0.05) is 0 Å². The van der Waals surface area contributed by atoms with Gasteiger partial charge in [-0.05, 0) is 18.2 Å². The Balaban J connectivity index is 0.000000221. The van der Waals surface area contributed by atoms with Crippen molar-refractivity contribution in [1.82, 2.24) is 20.4 Å². The average Bonchev–Trinajstić information content (AvgIpc) is 2.48. The summed E-state index contributed by atoms with van der Waals surface area (Å²) in [4.78, 5) is 19.1. The third kappa shape index (κ3) is 5.96. The van der Waals surface area contributed by atoms with Crippen molar-refractivity contribution >= 4 is 11.9 Å². The third-order valence-electron chi connectivity index (χ3n) is 1.82. The normalized spacial score (nSPS) is 9.60. The maximum atomic E-state index is 9.55. The maximum absolute atomic E-state index is 9.55. The maximum Gasteiger partial charge on any atom is 0.328 e. The van der Waals surface area contributed by atoms with Crippen LogP contribution in [0.5, 0.6) is 0 Å². The fourth-order valence-corrected chi connectivity index (χ4v) is 1.04. The lowest BCUT2D eigenvalue weighted by Gasteiger charge is -1.94. The van der Waals surface area contributed by atoms with Crippen molar-refractivity contribution in [2.24, 2.45) is 0 Å². The van der Waals surface area contributed by atoms with E-state index in [1.165, 1.54) is 0 Å². The van der Waals surface area contributed by atoms with E-state index >= 15 is 0 Å². The van der Waals surface area contributed by atoms with E-state index in [2.05, 4.69) is 20.4 Å². The van der Waals surface area contributed by atoms with E-state index in [4.69, 9.17) is 10.2 Å². The smallest absolute Gasteiger partial charge is 0.328 e. The first-order valence-corrected chi connectivity index (χ1v) is 5.28. The standard InChI is InChI=1S/C8H6N4.C4H4O4/c1-2-8(12-10-4-1)7-3-5-9-11-6-7;5-3(6)1-2-4(7)8/h1-6H;1-2H,(H,5,6)(H,7,8)/b;2-1-. The van der Waals surface area contributed by atoms with Gasteiger partial charge in [0, 0.05) is 23.9 Å². The fraction of sp³-hybridized carbons (Fsp3) is 0. The number of hydrogen-bond acceptors (Lipinski definition) is 6. The molecule has 8 heteroatoms. The first kappa shape index (κ1) is 14.9. The first-order valence-electron chi connectivity index (χ1n) is 5.28. The molecule has 2 aromatic heterocycles. The average molecular weight is 274 g/mol. The van der Waals surface area contributed by atoms with Gasteiger partial charge in [0.2, 0.25) is 0 Å². The van der Waals surface area contributed by atoms with Gasteiger partial charge in [-0.25, -0.2) is 9.59 Å². The minimum Gasteiger partial charge on any atom is -0.478 e. The quantitative estimate of drug-likeness (QED) is 0.781. The molecular formula is C12H10N4O4. The third-order valence-corrected chi connectivity index (χ3v) is 1.82. The Bertz CT molecular complexity index is 533. The van der Waals surface area contributed by atoms with Crippen LogP contribution >= 0.6 is 0 Å². The summed E-state index contributed by atoms with van der Waals surface area (Å²) in [7, 11) is 0. The molecule has 0 saturated heterocycles. The fourth-order valence-electron chi connectivity index (χ4n) is 1.04. The summed E-state index contributed by atoms with van der Waals surface area (Å²) >= 11 is 0. The minimum absolute atomic E-state index is 0.558. The number of aromatic nitrogens is 4. The van der Waals surface area contributed by atoms with Gasteiger partial charge < -0.3 is 10.2 Å². The van der Waals surface area contributed by atoms with Crippen LogP contribution in [0.2, 0.25) is 0 Å². The van der Waals surface area contributed by atoms with Crippen molar-refractivity contribution in [2.45, 2.75) is 0 Å². The molecular weight excluding hydrogens is 264 g/mol. The summed E-state index contributed by atoms with van der Waals surface area (Å²) in [6.45, 7) is 0. The van der Waals surface area contributed by atoms with Crippen LogP contribution in [-0.2, 0) is 9.59 Å². The molecule has 0 saturated carbocycles. The van der Waals surface area contributed by atoms with E-state index < -0.39 is 11.9 Å². The van der Waals surface area contributed by atoms with Gasteiger partial charge in [0.15, 0.2) is 0 Å². The second-order valence-electron chi connectivity index (χ2n) is 3.25. The molecule has 2 heterocycles. The second kappa shape index (κ2) is 8.03. The van der Waals surface area contributed by atoms with E-state index in [0.29, 0.717) is 12.2 Å². The van der Waals surface area contributed by atoms with Gasteiger partial charge in [-0.15, -0.1) is 0 Å². The molecule has 0 aliphatic carbocycles. The summed E-state index contributed by atoms with van der Waals surface area (Å²) in [6.07, 6.45) is 6.04. The molecule has 2 N–H and O–H groups in total. The molecule has 2 aromatic rings. The SMILES string of the molecule is O=C(O)/C=C\C(=O)O.c1cnnc(-c2ccnnc2)c1. The molecule has 0 aliphatic heterocycles. The highest BCUT2D eigenvalue weighted by atomic mass is 16.4. The number of rotatable bonds is 3. The van der Waals surface area contributed by atoms with Gasteiger partial charge in [0.05, 0.1) is 18.1 Å². The Morgan fingerprint density at radius 2 is 1.65 bits per heavy atom. The van der Waals surface area contributed by atoms with Gasteiger partial charge in [0.1, 0.15) is 0 Å². The van der Waals surface area contributed by atoms with Gasteiger partial charge in [0.25, 0.3) is 0 Å². The van der Waals surface area contributed by atoms with Crippen LogP contribution in [0.15, 0.2) is 48.9 Å². The van der Waals surface area contributed by atoms with Crippen LogP contribution in [0.3, 0.4) is 0 Å². The number of carbonyl (C=O) groups is 2. The molecule has 20 heavy (non-hydrogen) atoms. The number of aliphatic carboxylic acids is 2. The molecule has 0 aromatic carbocycles. The molecule has 0 bridgehead atoms. The molecule has 0 spiro atoms. The Kier molecular flexibility index (Phi) is 5.98. The zero-order chi connectivity index (χ0) is 14.8. The predicted octanol–water partition coefficient (Wildman–Crippen LogP) is 0.645. The van der Waals surface area contributed by atoms with E-state index in [-0.39, 0.29) is 0 Å². The number of carboxylic acid groups (broad SMARTS) is 2. The Morgan fingerprint density at radius 3 is 2.10 bits per heavy atom. The molecule has 102 valence electrons. The molecule has 0 unspecified atom stereocenters. The molecule has 0 fully saturated rings. The van der Waals surface area contributed by atoms with Crippen molar-refractivity contribution in [3.63, 3.8) is 0 Å². The van der Waals surface area contributed by atoms with Crippen molar-refractivity contribution < 1.29 is 19.8 Å². The van der Waals surface area contributed by atoms with Gasteiger partial charge >= 0.3 is 11.9 Å². The van der Waals surface area contributed by atoms with E-state index in [9.17, 15) is 9.59 Å².